The molecule has 0 bridgehead atoms. The van der Waals surface area contributed by atoms with E-state index in [4.69, 9.17) is 9.63 Å². The number of rotatable bonds is 2. The molecular weight excluding hydrogens is 246 g/mol. The van der Waals surface area contributed by atoms with Gasteiger partial charge in [-0.25, -0.2) is 4.79 Å². The van der Waals surface area contributed by atoms with Gasteiger partial charge in [0.1, 0.15) is 0 Å². The highest BCUT2D eigenvalue weighted by Crippen LogP contribution is 2.25. The zero-order valence-electron chi connectivity index (χ0n) is 9.70. The third-order valence-corrected chi connectivity index (χ3v) is 2.67. The number of aromatic nitrogens is 2. The summed E-state index contributed by atoms with van der Waals surface area (Å²) >= 11 is 0. The topological polar surface area (TPSA) is 88.2 Å². The van der Waals surface area contributed by atoms with Gasteiger partial charge in [-0.15, -0.1) is 0 Å². The average Bonchev–Trinajstić information content (AvgIpc) is 2.86. The molecule has 3 rings (SSSR count). The Balaban J connectivity index is 1.99. The number of fused-ring (bicyclic) bond motifs is 1. The number of amides is 1. The maximum Gasteiger partial charge on any atom is 0.410 e. The summed E-state index contributed by atoms with van der Waals surface area (Å²) < 4.78 is 5.11. The Morgan fingerprint density at radius 1 is 1.21 bits per heavy atom. The van der Waals surface area contributed by atoms with Crippen LogP contribution in [0.5, 0.6) is 0 Å². The van der Waals surface area contributed by atoms with Gasteiger partial charge in [0.15, 0.2) is 11.6 Å². The summed E-state index contributed by atoms with van der Waals surface area (Å²) in [5.74, 6) is 0.666. The SMILES string of the molecule is O=C(O)Nc1cc(-c2ccc3cnccc3c2)on1. The molecule has 0 fully saturated rings. The van der Waals surface area contributed by atoms with Crippen LogP contribution in [-0.4, -0.2) is 21.3 Å². The molecule has 1 amide bonds. The monoisotopic (exact) mass is 255 g/mol. The first-order valence-electron chi connectivity index (χ1n) is 5.53. The predicted molar refractivity (Wildman–Crippen MR) is 68.9 cm³/mol. The number of carboxylic acid groups (broad SMARTS) is 1. The van der Waals surface area contributed by atoms with E-state index >= 15 is 0 Å². The van der Waals surface area contributed by atoms with E-state index in [0.717, 1.165) is 16.3 Å². The Hall–Kier alpha value is -2.89. The molecule has 0 saturated heterocycles. The number of hydrogen-bond donors (Lipinski definition) is 2. The summed E-state index contributed by atoms with van der Waals surface area (Å²) in [6.45, 7) is 0. The first-order chi connectivity index (χ1) is 9.22. The van der Waals surface area contributed by atoms with Crippen molar-refractivity contribution in [1.29, 1.82) is 0 Å². The van der Waals surface area contributed by atoms with Crippen LogP contribution in [0.3, 0.4) is 0 Å². The summed E-state index contributed by atoms with van der Waals surface area (Å²) in [5, 5.41) is 16.4. The molecule has 0 aliphatic carbocycles. The Labute approximate surface area is 107 Å². The van der Waals surface area contributed by atoms with Gasteiger partial charge in [0.2, 0.25) is 0 Å². The van der Waals surface area contributed by atoms with Gasteiger partial charge in [0, 0.05) is 29.4 Å². The van der Waals surface area contributed by atoms with Crippen LogP contribution in [0.15, 0.2) is 47.2 Å². The minimum absolute atomic E-state index is 0.164. The molecule has 2 aromatic heterocycles. The zero-order valence-corrected chi connectivity index (χ0v) is 9.70. The molecular formula is C13H9N3O3. The lowest BCUT2D eigenvalue weighted by molar-refractivity contribution is 0.209. The van der Waals surface area contributed by atoms with Crippen LogP contribution in [0, 0.1) is 0 Å². The molecule has 1 aromatic carbocycles. The van der Waals surface area contributed by atoms with Crippen molar-refractivity contribution in [2.24, 2.45) is 0 Å². The molecule has 6 nitrogen and oxygen atoms in total. The van der Waals surface area contributed by atoms with E-state index in [2.05, 4.69) is 15.5 Å². The standard InChI is InChI=1S/C13H9N3O3/c17-13(18)15-12-6-11(19-16-12)9-1-2-10-7-14-4-3-8(10)5-9/h1-7H,(H,15,16)(H,17,18). The Morgan fingerprint density at radius 3 is 2.95 bits per heavy atom. The molecule has 0 atom stereocenters. The van der Waals surface area contributed by atoms with E-state index in [1.54, 1.807) is 12.4 Å². The number of anilines is 1. The summed E-state index contributed by atoms with van der Waals surface area (Å²) in [7, 11) is 0. The minimum atomic E-state index is -1.18. The third-order valence-electron chi connectivity index (χ3n) is 2.67. The molecule has 0 saturated carbocycles. The third kappa shape index (κ3) is 2.23. The van der Waals surface area contributed by atoms with Crippen molar-refractivity contribution in [3.8, 4) is 11.3 Å². The highest BCUT2D eigenvalue weighted by Gasteiger charge is 2.09. The lowest BCUT2D eigenvalue weighted by Gasteiger charge is -1.99. The molecule has 0 spiro atoms. The van der Waals surface area contributed by atoms with Crippen molar-refractivity contribution in [1.82, 2.24) is 10.1 Å². The van der Waals surface area contributed by atoms with Gasteiger partial charge >= 0.3 is 6.09 Å². The van der Waals surface area contributed by atoms with Crippen LogP contribution >= 0.6 is 0 Å². The second-order valence-corrected chi connectivity index (χ2v) is 3.94. The van der Waals surface area contributed by atoms with Gasteiger partial charge < -0.3 is 9.63 Å². The number of hydrogen-bond acceptors (Lipinski definition) is 4. The Bertz CT molecular complexity index is 751. The quantitative estimate of drug-likeness (QED) is 0.734. The molecule has 2 heterocycles. The van der Waals surface area contributed by atoms with E-state index in [9.17, 15) is 4.79 Å². The Morgan fingerprint density at radius 2 is 2.11 bits per heavy atom. The van der Waals surface area contributed by atoms with E-state index in [0.29, 0.717) is 5.76 Å². The van der Waals surface area contributed by atoms with Gasteiger partial charge in [-0.1, -0.05) is 17.3 Å². The van der Waals surface area contributed by atoms with Crippen molar-refractivity contribution in [3.63, 3.8) is 0 Å². The highest BCUT2D eigenvalue weighted by atomic mass is 16.5. The van der Waals surface area contributed by atoms with E-state index in [1.165, 1.54) is 6.07 Å². The summed E-state index contributed by atoms with van der Waals surface area (Å²) in [4.78, 5) is 14.5. The molecule has 0 aliphatic rings. The van der Waals surface area contributed by atoms with Gasteiger partial charge in [0.25, 0.3) is 0 Å². The van der Waals surface area contributed by atoms with Crippen molar-refractivity contribution in [2.45, 2.75) is 0 Å². The number of nitrogens with zero attached hydrogens (tertiary/aromatic N) is 2. The maximum absolute atomic E-state index is 10.5. The lowest BCUT2D eigenvalue weighted by Crippen LogP contribution is -2.06. The predicted octanol–water partition coefficient (Wildman–Crippen LogP) is 2.98. The normalized spacial score (nSPS) is 10.5. The number of carbonyl (C=O) groups is 1. The fourth-order valence-electron chi connectivity index (χ4n) is 1.82. The van der Waals surface area contributed by atoms with Crippen LogP contribution in [0.25, 0.3) is 22.1 Å². The van der Waals surface area contributed by atoms with Crippen LogP contribution in [0.4, 0.5) is 10.6 Å². The van der Waals surface area contributed by atoms with Crippen LogP contribution < -0.4 is 5.32 Å². The molecule has 0 aliphatic heterocycles. The van der Waals surface area contributed by atoms with Gasteiger partial charge in [-0.3, -0.25) is 10.3 Å². The fraction of sp³-hybridized carbons (Fsp3) is 0. The first-order valence-corrected chi connectivity index (χ1v) is 5.53. The van der Waals surface area contributed by atoms with E-state index in [-0.39, 0.29) is 5.82 Å². The van der Waals surface area contributed by atoms with Crippen LogP contribution in [0.1, 0.15) is 0 Å². The van der Waals surface area contributed by atoms with E-state index < -0.39 is 6.09 Å². The van der Waals surface area contributed by atoms with Crippen LogP contribution in [-0.2, 0) is 0 Å². The van der Waals surface area contributed by atoms with E-state index in [1.807, 2.05) is 24.3 Å². The average molecular weight is 255 g/mol. The minimum Gasteiger partial charge on any atom is -0.465 e. The van der Waals surface area contributed by atoms with Gasteiger partial charge in [0.05, 0.1) is 0 Å². The molecule has 0 unspecified atom stereocenters. The second kappa shape index (κ2) is 4.41. The van der Waals surface area contributed by atoms with Crippen molar-refractivity contribution >= 4 is 22.7 Å². The highest BCUT2D eigenvalue weighted by molar-refractivity contribution is 5.86. The van der Waals surface area contributed by atoms with Crippen molar-refractivity contribution in [2.75, 3.05) is 5.32 Å². The van der Waals surface area contributed by atoms with Crippen molar-refractivity contribution in [3.05, 3.63) is 42.7 Å². The Kier molecular flexibility index (Phi) is 2.60. The molecule has 19 heavy (non-hydrogen) atoms. The molecule has 3 aromatic rings. The second-order valence-electron chi connectivity index (χ2n) is 3.94. The number of benzene rings is 1. The smallest absolute Gasteiger partial charge is 0.410 e. The maximum atomic E-state index is 10.5. The van der Waals surface area contributed by atoms with Crippen molar-refractivity contribution < 1.29 is 14.4 Å². The molecule has 94 valence electrons. The van der Waals surface area contributed by atoms with Crippen LogP contribution in [0.2, 0.25) is 0 Å². The molecule has 0 radical (unpaired) electrons. The largest absolute Gasteiger partial charge is 0.465 e. The van der Waals surface area contributed by atoms with Gasteiger partial charge in [-0.05, 0) is 17.5 Å². The summed E-state index contributed by atoms with van der Waals surface area (Å²) in [6.07, 6.45) is 2.31. The first kappa shape index (κ1) is 11.2. The molecule has 6 heteroatoms. The zero-order chi connectivity index (χ0) is 13.2. The lowest BCUT2D eigenvalue weighted by atomic mass is 10.1. The molecule has 2 N–H and O–H groups in total. The summed E-state index contributed by atoms with van der Waals surface area (Å²) in [6, 6.07) is 9.16. The number of nitrogens with one attached hydrogen (secondary N) is 1. The van der Waals surface area contributed by atoms with Gasteiger partial charge in [-0.2, -0.15) is 0 Å². The fourth-order valence-corrected chi connectivity index (χ4v) is 1.82. The summed E-state index contributed by atoms with van der Waals surface area (Å²) in [5.41, 5.74) is 0.824. The number of pyridine rings is 1.